The standard InChI is InChI=1S/C9H17N/c1-9(10)5-7-3-2-4-8(7)6-9/h7-8H,2-6,10H2,1H3/t7-,8+,9?. The van der Waals surface area contributed by atoms with E-state index in [9.17, 15) is 0 Å². The molecular formula is C9H17N. The van der Waals surface area contributed by atoms with E-state index in [0.717, 1.165) is 11.8 Å². The van der Waals surface area contributed by atoms with E-state index < -0.39 is 0 Å². The lowest BCUT2D eigenvalue weighted by atomic mass is 9.98. The quantitative estimate of drug-likeness (QED) is 0.545. The van der Waals surface area contributed by atoms with Crippen molar-refractivity contribution in [1.29, 1.82) is 0 Å². The molecule has 0 spiro atoms. The van der Waals surface area contributed by atoms with Crippen molar-refractivity contribution in [3.63, 3.8) is 0 Å². The maximum absolute atomic E-state index is 6.07. The molecule has 2 aliphatic rings. The Balaban J connectivity index is 2.07. The van der Waals surface area contributed by atoms with Gasteiger partial charge in [0.05, 0.1) is 0 Å². The Morgan fingerprint density at radius 3 is 2.20 bits per heavy atom. The lowest BCUT2D eigenvalue weighted by molar-refractivity contribution is 0.439. The van der Waals surface area contributed by atoms with Gasteiger partial charge in [-0.05, 0) is 31.6 Å². The minimum absolute atomic E-state index is 0.190. The third kappa shape index (κ3) is 0.968. The van der Waals surface area contributed by atoms with Crippen molar-refractivity contribution < 1.29 is 0 Å². The highest BCUT2D eigenvalue weighted by Gasteiger charge is 2.41. The smallest absolute Gasteiger partial charge is 0.0131 e. The predicted octanol–water partition coefficient (Wildman–Crippen LogP) is 1.91. The van der Waals surface area contributed by atoms with Crippen LogP contribution in [0.25, 0.3) is 0 Å². The molecule has 1 unspecified atom stereocenters. The summed E-state index contributed by atoms with van der Waals surface area (Å²) >= 11 is 0. The third-order valence-electron chi connectivity index (χ3n) is 3.27. The molecule has 2 fully saturated rings. The van der Waals surface area contributed by atoms with Crippen LogP contribution in [0.2, 0.25) is 0 Å². The first-order chi connectivity index (χ1) is 4.67. The summed E-state index contributed by atoms with van der Waals surface area (Å²) in [5.41, 5.74) is 6.26. The van der Waals surface area contributed by atoms with Gasteiger partial charge in [0.25, 0.3) is 0 Å². The van der Waals surface area contributed by atoms with E-state index in [0.29, 0.717) is 0 Å². The maximum Gasteiger partial charge on any atom is 0.0131 e. The van der Waals surface area contributed by atoms with E-state index >= 15 is 0 Å². The average molecular weight is 139 g/mol. The van der Waals surface area contributed by atoms with Crippen LogP contribution in [0.5, 0.6) is 0 Å². The summed E-state index contributed by atoms with van der Waals surface area (Å²) in [5.74, 6) is 1.99. The molecule has 0 bridgehead atoms. The summed E-state index contributed by atoms with van der Waals surface area (Å²) in [7, 11) is 0. The number of hydrogen-bond donors (Lipinski definition) is 1. The average Bonchev–Trinajstić information content (AvgIpc) is 2.20. The Bertz CT molecular complexity index is 126. The molecule has 58 valence electrons. The summed E-state index contributed by atoms with van der Waals surface area (Å²) in [5, 5.41) is 0. The van der Waals surface area contributed by atoms with E-state index in [2.05, 4.69) is 6.92 Å². The second kappa shape index (κ2) is 1.97. The molecule has 0 heterocycles. The molecule has 0 aliphatic heterocycles. The first-order valence-corrected chi connectivity index (χ1v) is 4.46. The van der Waals surface area contributed by atoms with Crippen LogP contribution in [-0.2, 0) is 0 Å². The molecule has 2 aliphatic carbocycles. The van der Waals surface area contributed by atoms with Crippen LogP contribution in [-0.4, -0.2) is 5.54 Å². The molecule has 2 N–H and O–H groups in total. The van der Waals surface area contributed by atoms with Gasteiger partial charge in [-0.3, -0.25) is 0 Å². The van der Waals surface area contributed by atoms with Crippen LogP contribution in [0.15, 0.2) is 0 Å². The van der Waals surface area contributed by atoms with Crippen LogP contribution in [0.1, 0.15) is 39.0 Å². The van der Waals surface area contributed by atoms with Crippen LogP contribution in [0, 0.1) is 11.8 Å². The maximum atomic E-state index is 6.07. The van der Waals surface area contributed by atoms with Gasteiger partial charge in [-0.15, -0.1) is 0 Å². The minimum Gasteiger partial charge on any atom is -0.325 e. The molecule has 10 heavy (non-hydrogen) atoms. The fourth-order valence-electron chi connectivity index (χ4n) is 2.93. The molecule has 1 nitrogen and oxygen atoms in total. The fraction of sp³-hybridized carbons (Fsp3) is 1.00. The zero-order chi connectivity index (χ0) is 7.19. The van der Waals surface area contributed by atoms with Gasteiger partial charge < -0.3 is 5.73 Å². The van der Waals surface area contributed by atoms with Gasteiger partial charge in [0.15, 0.2) is 0 Å². The zero-order valence-corrected chi connectivity index (χ0v) is 6.77. The van der Waals surface area contributed by atoms with Gasteiger partial charge in [0, 0.05) is 5.54 Å². The Morgan fingerprint density at radius 2 is 1.70 bits per heavy atom. The van der Waals surface area contributed by atoms with Crippen LogP contribution < -0.4 is 5.73 Å². The Hall–Kier alpha value is -0.0400. The largest absolute Gasteiger partial charge is 0.325 e. The van der Waals surface area contributed by atoms with Crippen molar-refractivity contribution in [1.82, 2.24) is 0 Å². The molecule has 2 saturated carbocycles. The van der Waals surface area contributed by atoms with Crippen LogP contribution >= 0.6 is 0 Å². The summed E-state index contributed by atoms with van der Waals surface area (Å²) in [6.45, 7) is 2.21. The molecule has 0 amide bonds. The normalized spacial score (nSPS) is 53.4. The summed E-state index contributed by atoms with van der Waals surface area (Å²) < 4.78 is 0. The minimum atomic E-state index is 0.190. The van der Waals surface area contributed by atoms with Gasteiger partial charge in [-0.2, -0.15) is 0 Å². The first-order valence-electron chi connectivity index (χ1n) is 4.46. The Morgan fingerprint density at radius 1 is 1.20 bits per heavy atom. The van der Waals surface area contributed by atoms with E-state index in [1.165, 1.54) is 32.1 Å². The number of fused-ring (bicyclic) bond motifs is 1. The fourth-order valence-corrected chi connectivity index (χ4v) is 2.93. The topological polar surface area (TPSA) is 26.0 Å². The van der Waals surface area contributed by atoms with Gasteiger partial charge in [0.2, 0.25) is 0 Å². The number of hydrogen-bond acceptors (Lipinski definition) is 1. The molecule has 2 rings (SSSR count). The van der Waals surface area contributed by atoms with E-state index in [-0.39, 0.29) is 5.54 Å². The van der Waals surface area contributed by atoms with Gasteiger partial charge in [-0.1, -0.05) is 19.3 Å². The molecule has 0 radical (unpaired) electrons. The van der Waals surface area contributed by atoms with Gasteiger partial charge >= 0.3 is 0 Å². The molecule has 0 aromatic rings. The summed E-state index contributed by atoms with van der Waals surface area (Å²) in [6.07, 6.45) is 6.95. The number of nitrogens with two attached hydrogens (primary N) is 1. The molecule has 1 heteroatoms. The molecule has 0 aromatic carbocycles. The molecular weight excluding hydrogens is 122 g/mol. The molecule has 0 aromatic heterocycles. The first kappa shape index (κ1) is 6.66. The SMILES string of the molecule is CC1(N)C[C@H]2CCC[C@H]2C1. The van der Waals surface area contributed by atoms with Crippen LogP contribution in [0.4, 0.5) is 0 Å². The van der Waals surface area contributed by atoms with E-state index in [4.69, 9.17) is 5.73 Å². The van der Waals surface area contributed by atoms with Crippen molar-refractivity contribution in [3.05, 3.63) is 0 Å². The van der Waals surface area contributed by atoms with Crippen molar-refractivity contribution in [2.75, 3.05) is 0 Å². The summed E-state index contributed by atoms with van der Waals surface area (Å²) in [6, 6.07) is 0. The predicted molar refractivity (Wildman–Crippen MR) is 42.7 cm³/mol. The highest BCUT2D eigenvalue weighted by atomic mass is 14.8. The van der Waals surface area contributed by atoms with Crippen molar-refractivity contribution in [2.24, 2.45) is 17.6 Å². The third-order valence-corrected chi connectivity index (χ3v) is 3.27. The van der Waals surface area contributed by atoms with Gasteiger partial charge in [0.1, 0.15) is 0 Å². The van der Waals surface area contributed by atoms with Crippen molar-refractivity contribution in [2.45, 2.75) is 44.6 Å². The van der Waals surface area contributed by atoms with Gasteiger partial charge in [-0.25, -0.2) is 0 Å². The Kier molecular flexibility index (Phi) is 1.31. The highest BCUT2D eigenvalue weighted by molar-refractivity contribution is 4.97. The highest BCUT2D eigenvalue weighted by Crippen LogP contribution is 2.47. The lowest BCUT2D eigenvalue weighted by Gasteiger charge is -2.17. The molecule has 0 saturated heterocycles. The molecule has 3 atom stereocenters. The lowest BCUT2D eigenvalue weighted by Crippen LogP contribution is -2.32. The monoisotopic (exact) mass is 139 g/mol. The van der Waals surface area contributed by atoms with Crippen LogP contribution in [0.3, 0.4) is 0 Å². The van der Waals surface area contributed by atoms with Crippen molar-refractivity contribution >= 4 is 0 Å². The van der Waals surface area contributed by atoms with E-state index in [1.807, 2.05) is 0 Å². The number of rotatable bonds is 0. The Labute approximate surface area is 63.0 Å². The summed E-state index contributed by atoms with van der Waals surface area (Å²) in [4.78, 5) is 0. The second-order valence-electron chi connectivity index (χ2n) is 4.51. The van der Waals surface area contributed by atoms with E-state index in [1.54, 1.807) is 0 Å². The zero-order valence-electron chi connectivity index (χ0n) is 6.77. The second-order valence-corrected chi connectivity index (χ2v) is 4.51. The van der Waals surface area contributed by atoms with Crippen molar-refractivity contribution in [3.8, 4) is 0 Å².